The first-order valence-corrected chi connectivity index (χ1v) is 8.56. The average Bonchev–Trinajstić information content (AvgIpc) is 2.47. The fraction of sp³-hybridized carbons (Fsp3) is 0.462. The minimum Gasteiger partial charge on any atom is -0.336 e. The maximum absolute atomic E-state index is 13.7. The maximum atomic E-state index is 13.7. The van der Waals surface area contributed by atoms with Crippen LogP contribution in [0.15, 0.2) is 18.2 Å². The summed E-state index contributed by atoms with van der Waals surface area (Å²) in [5, 5.41) is 0.0589. The summed E-state index contributed by atoms with van der Waals surface area (Å²) in [4.78, 5) is 13.7. The van der Waals surface area contributed by atoms with Gasteiger partial charge in [0.25, 0.3) is 5.91 Å². The Hall–Kier alpha value is -1.18. The van der Waals surface area contributed by atoms with Crippen LogP contribution in [-0.4, -0.2) is 55.5 Å². The Labute approximate surface area is 128 Å². The van der Waals surface area contributed by atoms with E-state index in [-0.39, 0.29) is 42.5 Å². The third-order valence-electron chi connectivity index (χ3n) is 3.46. The Bertz CT molecular complexity index is 623. The van der Waals surface area contributed by atoms with Gasteiger partial charge in [0, 0.05) is 26.2 Å². The van der Waals surface area contributed by atoms with Crippen molar-refractivity contribution in [2.45, 2.75) is 6.92 Å². The molecule has 1 aromatic rings. The standard InChI is InChI=1S/C13H16ClFN2O3S/c1-2-21(19,20)17-8-6-16(7-9-17)13(18)12-10(14)4-3-5-11(12)15/h3-5H,2,6-9H2,1H3. The van der Waals surface area contributed by atoms with E-state index in [1.54, 1.807) is 6.92 Å². The Morgan fingerprint density at radius 3 is 2.43 bits per heavy atom. The lowest BCUT2D eigenvalue weighted by Crippen LogP contribution is -2.51. The molecule has 116 valence electrons. The molecule has 0 radical (unpaired) electrons. The highest BCUT2D eigenvalue weighted by molar-refractivity contribution is 7.89. The molecule has 21 heavy (non-hydrogen) atoms. The second-order valence-corrected chi connectivity index (χ2v) is 7.35. The zero-order chi connectivity index (χ0) is 15.6. The molecule has 2 rings (SSSR count). The van der Waals surface area contributed by atoms with Gasteiger partial charge in [0.05, 0.1) is 16.3 Å². The smallest absolute Gasteiger partial charge is 0.258 e. The third-order valence-corrected chi connectivity index (χ3v) is 5.66. The minimum absolute atomic E-state index is 0.0279. The molecule has 1 aliphatic heterocycles. The molecule has 1 amide bonds. The summed E-state index contributed by atoms with van der Waals surface area (Å²) in [6.07, 6.45) is 0. The van der Waals surface area contributed by atoms with Crippen LogP contribution < -0.4 is 0 Å². The van der Waals surface area contributed by atoms with E-state index >= 15 is 0 Å². The first-order chi connectivity index (χ1) is 9.86. The highest BCUT2D eigenvalue weighted by atomic mass is 35.5. The minimum atomic E-state index is -3.26. The number of benzene rings is 1. The van der Waals surface area contributed by atoms with Gasteiger partial charge in [-0.25, -0.2) is 12.8 Å². The number of rotatable bonds is 3. The lowest BCUT2D eigenvalue weighted by atomic mass is 10.1. The lowest BCUT2D eigenvalue weighted by molar-refractivity contribution is 0.0693. The quantitative estimate of drug-likeness (QED) is 0.843. The maximum Gasteiger partial charge on any atom is 0.258 e. The number of sulfonamides is 1. The molecule has 1 heterocycles. The number of amides is 1. The highest BCUT2D eigenvalue weighted by Gasteiger charge is 2.29. The van der Waals surface area contributed by atoms with E-state index in [1.165, 1.54) is 27.4 Å². The molecule has 0 saturated carbocycles. The van der Waals surface area contributed by atoms with Gasteiger partial charge in [0.15, 0.2) is 0 Å². The number of piperazine rings is 1. The van der Waals surface area contributed by atoms with Gasteiger partial charge in [-0.1, -0.05) is 17.7 Å². The van der Waals surface area contributed by atoms with E-state index in [9.17, 15) is 17.6 Å². The third kappa shape index (κ3) is 3.36. The highest BCUT2D eigenvalue weighted by Crippen LogP contribution is 2.21. The fourth-order valence-corrected chi connectivity index (χ4v) is 3.54. The van der Waals surface area contributed by atoms with Crippen LogP contribution >= 0.6 is 11.6 Å². The van der Waals surface area contributed by atoms with E-state index in [4.69, 9.17) is 11.6 Å². The molecule has 0 bridgehead atoms. The van der Waals surface area contributed by atoms with Crippen molar-refractivity contribution in [3.63, 3.8) is 0 Å². The van der Waals surface area contributed by atoms with Gasteiger partial charge in [0.1, 0.15) is 5.82 Å². The average molecular weight is 335 g/mol. The SMILES string of the molecule is CCS(=O)(=O)N1CCN(C(=O)c2c(F)cccc2Cl)CC1. The van der Waals surface area contributed by atoms with E-state index in [1.807, 2.05) is 0 Å². The Morgan fingerprint density at radius 2 is 1.90 bits per heavy atom. The van der Waals surface area contributed by atoms with E-state index in [2.05, 4.69) is 0 Å². The van der Waals surface area contributed by atoms with Crippen LogP contribution in [-0.2, 0) is 10.0 Å². The molecule has 5 nitrogen and oxygen atoms in total. The topological polar surface area (TPSA) is 57.7 Å². The fourth-order valence-electron chi connectivity index (χ4n) is 2.21. The van der Waals surface area contributed by atoms with Gasteiger partial charge in [0.2, 0.25) is 10.0 Å². The second kappa shape index (κ2) is 6.29. The van der Waals surface area contributed by atoms with E-state index in [0.29, 0.717) is 0 Å². The number of carbonyl (C=O) groups excluding carboxylic acids is 1. The van der Waals surface area contributed by atoms with Crippen molar-refractivity contribution in [3.8, 4) is 0 Å². The normalized spacial score (nSPS) is 17.0. The molecule has 1 saturated heterocycles. The van der Waals surface area contributed by atoms with Crippen LogP contribution in [0.1, 0.15) is 17.3 Å². The molecular weight excluding hydrogens is 319 g/mol. The summed E-state index contributed by atoms with van der Waals surface area (Å²) in [5.74, 6) is -1.15. The molecule has 0 unspecified atom stereocenters. The first-order valence-electron chi connectivity index (χ1n) is 6.58. The Morgan fingerprint density at radius 1 is 1.29 bits per heavy atom. The largest absolute Gasteiger partial charge is 0.336 e. The van der Waals surface area contributed by atoms with Gasteiger partial charge >= 0.3 is 0 Å². The van der Waals surface area contributed by atoms with Crippen molar-refractivity contribution >= 4 is 27.5 Å². The van der Waals surface area contributed by atoms with Crippen LogP contribution in [0, 0.1) is 5.82 Å². The molecule has 0 aromatic heterocycles. The number of halogens is 2. The zero-order valence-electron chi connectivity index (χ0n) is 11.6. The van der Waals surface area contributed by atoms with Gasteiger partial charge in [-0.15, -0.1) is 0 Å². The van der Waals surface area contributed by atoms with E-state index < -0.39 is 21.7 Å². The van der Waals surface area contributed by atoms with Gasteiger partial charge in [-0.3, -0.25) is 4.79 Å². The zero-order valence-corrected chi connectivity index (χ0v) is 13.1. The summed E-state index contributed by atoms with van der Waals surface area (Å²) >= 11 is 5.87. The first kappa shape index (κ1) is 16.2. The van der Waals surface area contributed by atoms with Crippen LogP contribution in [0.4, 0.5) is 4.39 Å². The number of carbonyl (C=O) groups is 1. The predicted octanol–water partition coefficient (Wildman–Crippen LogP) is 1.59. The summed E-state index contributed by atoms with van der Waals surface area (Å²) in [6, 6.07) is 4.06. The Kier molecular flexibility index (Phi) is 4.85. The van der Waals surface area contributed by atoms with Gasteiger partial charge in [-0.2, -0.15) is 4.31 Å². The van der Waals surface area contributed by atoms with Crippen molar-refractivity contribution in [2.75, 3.05) is 31.9 Å². The Balaban J connectivity index is 2.11. The molecule has 1 aromatic carbocycles. The van der Waals surface area contributed by atoms with Crippen LogP contribution in [0.3, 0.4) is 0 Å². The van der Waals surface area contributed by atoms with Crippen molar-refractivity contribution in [1.29, 1.82) is 0 Å². The summed E-state index contributed by atoms with van der Waals surface area (Å²) in [6.45, 7) is 2.46. The number of hydrogen-bond donors (Lipinski definition) is 0. The summed E-state index contributed by atoms with van der Waals surface area (Å²) < 4.78 is 38.6. The molecule has 0 N–H and O–H groups in total. The lowest BCUT2D eigenvalue weighted by Gasteiger charge is -2.34. The second-order valence-electron chi connectivity index (χ2n) is 4.69. The predicted molar refractivity (Wildman–Crippen MR) is 78.3 cm³/mol. The van der Waals surface area contributed by atoms with Crippen molar-refractivity contribution in [3.05, 3.63) is 34.6 Å². The van der Waals surface area contributed by atoms with Gasteiger partial charge in [-0.05, 0) is 19.1 Å². The summed E-state index contributed by atoms with van der Waals surface area (Å²) in [5.41, 5.74) is -0.161. The molecule has 0 atom stereocenters. The summed E-state index contributed by atoms with van der Waals surface area (Å²) in [7, 11) is -3.26. The number of hydrogen-bond acceptors (Lipinski definition) is 3. The van der Waals surface area contributed by atoms with Crippen LogP contribution in [0.25, 0.3) is 0 Å². The monoisotopic (exact) mass is 334 g/mol. The molecule has 8 heteroatoms. The molecule has 1 aliphatic rings. The molecular formula is C13H16ClFN2O3S. The molecule has 1 fully saturated rings. The van der Waals surface area contributed by atoms with Crippen molar-refractivity contribution in [2.24, 2.45) is 0 Å². The number of nitrogens with zero attached hydrogens (tertiary/aromatic N) is 2. The van der Waals surface area contributed by atoms with E-state index in [0.717, 1.165) is 0 Å². The van der Waals surface area contributed by atoms with Crippen LogP contribution in [0.2, 0.25) is 5.02 Å². The molecule has 0 aliphatic carbocycles. The molecule has 0 spiro atoms. The van der Waals surface area contributed by atoms with Crippen molar-refractivity contribution < 1.29 is 17.6 Å². The van der Waals surface area contributed by atoms with Gasteiger partial charge < -0.3 is 4.90 Å². The van der Waals surface area contributed by atoms with Crippen LogP contribution in [0.5, 0.6) is 0 Å². The van der Waals surface area contributed by atoms with Crippen molar-refractivity contribution in [1.82, 2.24) is 9.21 Å².